The molecule has 0 atom stereocenters. The molecule has 7 heteroatoms. The Morgan fingerprint density at radius 1 is 1.22 bits per heavy atom. The molecule has 0 fully saturated rings. The van der Waals surface area contributed by atoms with Gasteiger partial charge in [-0.15, -0.1) is 11.3 Å². The molecular formula is C11H7BrN4S2. The number of aromatic nitrogens is 3. The first kappa shape index (κ1) is 11.9. The lowest BCUT2D eigenvalue weighted by molar-refractivity contribution is 1.04. The summed E-state index contributed by atoms with van der Waals surface area (Å²) >= 11 is 6.53. The van der Waals surface area contributed by atoms with E-state index in [4.69, 9.17) is 5.73 Å². The van der Waals surface area contributed by atoms with E-state index in [9.17, 15) is 0 Å². The summed E-state index contributed by atoms with van der Waals surface area (Å²) in [5, 5.41) is 0.779. The van der Waals surface area contributed by atoms with Gasteiger partial charge in [-0.3, -0.25) is 0 Å². The zero-order valence-electron chi connectivity index (χ0n) is 9.00. The number of fused-ring (bicyclic) bond motifs is 1. The van der Waals surface area contributed by atoms with Gasteiger partial charge >= 0.3 is 0 Å². The van der Waals surface area contributed by atoms with E-state index in [-0.39, 0.29) is 5.95 Å². The average molecular weight is 339 g/mol. The van der Waals surface area contributed by atoms with Gasteiger partial charge in [-0.1, -0.05) is 12.1 Å². The molecule has 2 heterocycles. The number of benzene rings is 1. The van der Waals surface area contributed by atoms with Crippen molar-refractivity contribution >= 4 is 55.2 Å². The second-order valence-electron chi connectivity index (χ2n) is 3.43. The number of para-hydroxylation sites is 1. The number of anilines is 1. The molecule has 1 aromatic carbocycles. The minimum Gasteiger partial charge on any atom is -0.368 e. The summed E-state index contributed by atoms with van der Waals surface area (Å²) in [6.45, 7) is 0. The van der Waals surface area contributed by atoms with E-state index in [1.807, 2.05) is 18.2 Å². The van der Waals surface area contributed by atoms with Gasteiger partial charge in [-0.2, -0.15) is 0 Å². The number of nitrogens with zero attached hydrogens (tertiary/aromatic N) is 3. The minimum atomic E-state index is 0.266. The van der Waals surface area contributed by atoms with Crippen LogP contribution in [0.3, 0.4) is 0 Å². The molecule has 3 aromatic rings. The fourth-order valence-corrected chi connectivity index (χ4v) is 3.82. The van der Waals surface area contributed by atoms with Crippen LogP contribution in [-0.2, 0) is 0 Å². The van der Waals surface area contributed by atoms with Crippen LogP contribution in [0.15, 0.2) is 44.3 Å². The molecule has 3 rings (SSSR count). The molecule has 0 bridgehead atoms. The molecule has 4 nitrogen and oxygen atoms in total. The third-order valence-electron chi connectivity index (χ3n) is 2.19. The maximum atomic E-state index is 5.58. The summed E-state index contributed by atoms with van der Waals surface area (Å²) in [6.07, 6.45) is 1.65. The number of rotatable bonds is 2. The van der Waals surface area contributed by atoms with Crippen molar-refractivity contribution in [3.05, 3.63) is 34.9 Å². The maximum Gasteiger partial charge on any atom is 0.221 e. The normalized spacial score (nSPS) is 10.9. The highest BCUT2D eigenvalue weighted by molar-refractivity contribution is 9.10. The summed E-state index contributed by atoms with van der Waals surface area (Å²) in [5.41, 5.74) is 6.59. The Morgan fingerprint density at radius 3 is 2.89 bits per heavy atom. The van der Waals surface area contributed by atoms with E-state index in [2.05, 4.69) is 36.9 Å². The van der Waals surface area contributed by atoms with Crippen LogP contribution in [0.5, 0.6) is 0 Å². The molecule has 90 valence electrons. The van der Waals surface area contributed by atoms with Gasteiger partial charge in [-0.05, 0) is 39.8 Å². The zero-order valence-corrected chi connectivity index (χ0v) is 12.2. The van der Waals surface area contributed by atoms with Crippen LogP contribution in [0.2, 0.25) is 0 Å². The molecule has 0 amide bonds. The van der Waals surface area contributed by atoms with Crippen LogP contribution < -0.4 is 5.73 Å². The molecular weight excluding hydrogens is 332 g/mol. The Labute approximate surface area is 120 Å². The second-order valence-corrected chi connectivity index (χ2v) is 6.55. The Morgan fingerprint density at radius 2 is 2.06 bits per heavy atom. The second kappa shape index (κ2) is 4.83. The van der Waals surface area contributed by atoms with Gasteiger partial charge in [0.25, 0.3) is 0 Å². The fourth-order valence-electron chi connectivity index (χ4n) is 1.41. The van der Waals surface area contributed by atoms with Crippen molar-refractivity contribution < 1.29 is 0 Å². The van der Waals surface area contributed by atoms with Gasteiger partial charge in [0.15, 0.2) is 4.34 Å². The lowest BCUT2D eigenvalue weighted by Crippen LogP contribution is -1.95. The predicted molar refractivity (Wildman–Crippen MR) is 77.9 cm³/mol. The predicted octanol–water partition coefficient (Wildman–Crippen LogP) is 3.58. The Bertz CT molecular complexity index is 680. The van der Waals surface area contributed by atoms with Gasteiger partial charge in [0, 0.05) is 6.20 Å². The first-order valence-corrected chi connectivity index (χ1v) is 7.46. The smallest absolute Gasteiger partial charge is 0.221 e. The SMILES string of the molecule is Nc1ncc(Br)c(Sc2nc3ccccc3s2)n1. The van der Waals surface area contributed by atoms with Crippen molar-refractivity contribution in [1.82, 2.24) is 15.0 Å². The van der Waals surface area contributed by atoms with Crippen molar-refractivity contribution in [2.45, 2.75) is 9.37 Å². The van der Waals surface area contributed by atoms with E-state index in [0.717, 1.165) is 24.1 Å². The topological polar surface area (TPSA) is 64.7 Å². The largest absolute Gasteiger partial charge is 0.368 e. The van der Waals surface area contributed by atoms with Crippen LogP contribution in [0.1, 0.15) is 0 Å². The molecule has 0 saturated heterocycles. The van der Waals surface area contributed by atoms with E-state index in [1.165, 1.54) is 11.8 Å². The van der Waals surface area contributed by atoms with E-state index in [0.29, 0.717) is 0 Å². The highest BCUT2D eigenvalue weighted by Crippen LogP contribution is 2.36. The van der Waals surface area contributed by atoms with E-state index >= 15 is 0 Å². The van der Waals surface area contributed by atoms with Crippen molar-refractivity contribution in [2.75, 3.05) is 5.73 Å². The van der Waals surface area contributed by atoms with Gasteiger partial charge in [0.1, 0.15) is 5.03 Å². The number of halogens is 1. The monoisotopic (exact) mass is 338 g/mol. The molecule has 0 saturated carbocycles. The van der Waals surface area contributed by atoms with Crippen LogP contribution in [0.4, 0.5) is 5.95 Å². The van der Waals surface area contributed by atoms with Crippen molar-refractivity contribution in [3.63, 3.8) is 0 Å². The number of hydrogen-bond acceptors (Lipinski definition) is 6. The van der Waals surface area contributed by atoms with Gasteiger partial charge in [-0.25, -0.2) is 15.0 Å². The molecule has 0 aliphatic heterocycles. The van der Waals surface area contributed by atoms with Crippen LogP contribution in [-0.4, -0.2) is 15.0 Å². The molecule has 0 unspecified atom stereocenters. The first-order chi connectivity index (χ1) is 8.72. The number of nitrogens with two attached hydrogens (primary N) is 1. The molecule has 0 aliphatic rings. The highest BCUT2D eigenvalue weighted by atomic mass is 79.9. The number of thiazole rings is 1. The van der Waals surface area contributed by atoms with Crippen molar-refractivity contribution in [2.24, 2.45) is 0 Å². The number of nitrogen functional groups attached to an aromatic ring is 1. The lowest BCUT2D eigenvalue weighted by Gasteiger charge is -2.00. The lowest BCUT2D eigenvalue weighted by atomic mass is 10.3. The zero-order chi connectivity index (χ0) is 12.5. The third-order valence-corrected chi connectivity index (χ3v) is 5.13. The van der Waals surface area contributed by atoms with Gasteiger partial charge < -0.3 is 5.73 Å². The van der Waals surface area contributed by atoms with E-state index in [1.54, 1.807) is 17.5 Å². The molecule has 0 aliphatic carbocycles. The van der Waals surface area contributed by atoms with Crippen LogP contribution >= 0.6 is 39.0 Å². The quantitative estimate of drug-likeness (QED) is 0.723. The first-order valence-electron chi connectivity index (χ1n) is 5.04. The molecule has 2 aromatic heterocycles. The van der Waals surface area contributed by atoms with Crippen molar-refractivity contribution in [1.29, 1.82) is 0 Å². The van der Waals surface area contributed by atoms with Crippen LogP contribution in [0, 0.1) is 0 Å². The number of hydrogen-bond donors (Lipinski definition) is 1. The Balaban J connectivity index is 1.98. The summed E-state index contributed by atoms with van der Waals surface area (Å²) in [5.74, 6) is 0.266. The van der Waals surface area contributed by atoms with Crippen molar-refractivity contribution in [3.8, 4) is 0 Å². The summed E-state index contributed by atoms with van der Waals surface area (Å²) in [4.78, 5) is 12.6. The molecule has 2 N–H and O–H groups in total. The molecule has 0 spiro atoms. The highest BCUT2D eigenvalue weighted by Gasteiger charge is 2.09. The van der Waals surface area contributed by atoms with Gasteiger partial charge in [0.2, 0.25) is 5.95 Å². The molecule has 18 heavy (non-hydrogen) atoms. The fraction of sp³-hybridized carbons (Fsp3) is 0. The molecule has 0 radical (unpaired) electrons. The Hall–Kier alpha value is -1.18. The average Bonchev–Trinajstić information content (AvgIpc) is 2.76. The van der Waals surface area contributed by atoms with Crippen LogP contribution in [0.25, 0.3) is 10.2 Å². The Kier molecular flexibility index (Phi) is 3.19. The maximum absolute atomic E-state index is 5.58. The summed E-state index contributed by atoms with van der Waals surface area (Å²) in [7, 11) is 0. The summed E-state index contributed by atoms with van der Waals surface area (Å²) < 4.78 is 2.93. The minimum absolute atomic E-state index is 0.266. The standard InChI is InChI=1S/C11H7BrN4S2/c12-6-5-14-10(13)16-9(6)18-11-15-7-3-1-2-4-8(7)17-11/h1-5H,(H2,13,14,16). The van der Waals surface area contributed by atoms with E-state index < -0.39 is 0 Å². The van der Waals surface area contributed by atoms with Gasteiger partial charge in [0.05, 0.1) is 14.7 Å². The third kappa shape index (κ3) is 2.33. The summed E-state index contributed by atoms with van der Waals surface area (Å²) in [6, 6.07) is 8.04.